The number of hydrogen-bond donors (Lipinski definition) is 0. The van der Waals surface area contributed by atoms with E-state index in [0.29, 0.717) is 13.2 Å². The summed E-state index contributed by atoms with van der Waals surface area (Å²) in [7, 11) is 0. The molecule has 1 saturated heterocycles. The van der Waals surface area contributed by atoms with Gasteiger partial charge in [0.15, 0.2) is 0 Å². The topological polar surface area (TPSA) is 48.0 Å². The maximum Gasteiger partial charge on any atom is 0.412 e. The van der Waals surface area contributed by atoms with Gasteiger partial charge in [0, 0.05) is 0 Å². The first kappa shape index (κ1) is 18.3. The molecule has 5 heteroatoms. The van der Waals surface area contributed by atoms with Crippen LogP contribution in [-0.2, 0) is 16.1 Å². The lowest BCUT2D eigenvalue weighted by Gasteiger charge is -2.23. The third kappa shape index (κ3) is 4.99. The van der Waals surface area contributed by atoms with E-state index in [4.69, 9.17) is 14.2 Å². The van der Waals surface area contributed by atoms with E-state index in [0.717, 1.165) is 16.9 Å². The number of carbonyl (C=O) groups is 1. The summed E-state index contributed by atoms with van der Waals surface area (Å²) in [6.45, 7) is 6.78. The van der Waals surface area contributed by atoms with Gasteiger partial charge in [-0.15, -0.1) is 0 Å². The van der Waals surface area contributed by atoms with Crippen molar-refractivity contribution >= 4 is 6.09 Å². The lowest BCUT2D eigenvalue weighted by Crippen LogP contribution is -2.35. The van der Waals surface area contributed by atoms with Crippen molar-refractivity contribution in [2.24, 2.45) is 0 Å². The van der Waals surface area contributed by atoms with E-state index >= 15 is 0 Å². The summed E-state index contributed by atoms with van der Waals surface area (Å²) in [6.07, 6.45) is -0.528. The fraction of sp³-hybridized carbons (Fsp3) is 0.381. The number of carbonyl (C=O) groups excluding carboxylic acids is 1. The van der Waals surface area contributed by atoms with E-state index in [9.17, 15) is 4.79 Å². The summed E-state index contributed by atoms with van der Waals surface area (Å²) in [6, 6.07) is 17.8. The van der Waals surface area contributed by atoms with Gasteiger partial charge in [0.2, 0.25) is 0 Å². The van der Waals surface area contributed by atoms with Crippen LogP contribution in [0.3, 0.4) is 0 Å². The van der Waals surface area contributed by atoms with Gasteiger partial charge in [-0.25, -0.2) is 4.79 Å². The average molecular weight is 355 g/mol. The quantitative estimate of drug-likeness (QED) is 0.808. The standard InChI is InChI=1S/C21H25NO4/c1-21(2,3)26-20(23)22-13-19(25-15-22)17-10-7-11-18(12-17)24-14-16-8-5-4-6-9-16/h4-12,19H,13-15H2,1-3H3. The van der Waals surface area contributed by atoms with Crippen LogP contribution in [0.5, 0.6) is 5.75 Å². The number of nitrogens with zero attached hydrogens (tertiary/aromatic N) is 1. The minimum absolute atomic E-state index is 0.178. The van der Waals surface area contributed by atoms with Crippen LogP contribution >= 0.6 is 0 Å². The molecule has 0 aliphatic carbocycles. The molecule has 3 rings (SSSR count). The van der Waals surface area contributed by atoms with Crippen LogP contribution in [0, 0.1) is 0 Å². The Balaban J connectivity index is 1.59. The lowest BCUT2D eigenvalue weighted by atomic mass is 10.1. The molecule has 1 unspecified atom stereocenters. The van der Waals surface area contributed by atoms with Crippen LogP contribution in [0.15, 0.2) is 54.6 Å². The van der Waals surface area contributed by atoms with Gasteiger partial charge in [0.25, 0.3) is 0 Å². The summed E-state index contributed by atoms with van der Waals surface area (Å²) in [4.78, 5) is 13.7. The molecular weight excluding hydrogens is 330 g/mol. The van der Waals surface area contributed by atoms with Crippen LogP contribution < -0.4 is 4.74 Å². The molecule has 2 aromatic carbocycles. The number of benzene rings is 2. The maximum absolute atomic E-state index is 12.2. The van der Waals surface area contributed by atoms with Crippen LogP contribution in [0.2, 0.25) is 0 Å². The molecule has 0 spiro atoms. The Morgan fingerprint density at radius 2 is 1.92 bits per heavy atom. The zero-order valence-electron chi connectivity index (χ0n) is 15.5. The van der Waals surface area contributed by atoms with Crippen molar-refractivity contribution in [3.05, 3.63) is 65.7 Å². The molecule has 0 radical (unpaired) electrons. The first-order valence-electron chi connectivity index (χ1n) is 8.77. The van der Waals surface area contributed by atoms with Crippen molar-refractivity contribution < 1.29 is 19.0 Å². The van der Waals surface area contributed by atoms with E-state index in [1.54, 1.807) is 4.90 Å². The first-order valence-corrected chi connectivity index (χ1v) is 8.77. The number of amides is 1. The minimum atomic E-state index is -0.514. The number of hydrogen-bond acceptors (Lipinski definition) is 4. The average Bonchev–Trinajstić information content (AvgIpc) is 3.10. The second kappa shape index (κ2) is 7.79. The molecule has 0 saturated carbocycles. The van der Waals surface area contributed by atoms with Crippen molar-refractivity contribution in [1.29, 1.82) is 0 Å². The lowest BCUT2D eigenvalue weighted by molar-refractivity contribution is 0.0185. The summed E-state index contributed by atoms with van der Waals surface area (Å²) in [5.41, 5.74) is 1.59. The Hall–Kier alpha value is -2.53. The second-order valence-corrected chi connectivity index (χ2v) is 7.33. The normalized spacial score (nSPS) is 17.2. The van der Waals surface area contributed by atoms with Crippen LogP contribution in [-0.4, -0.2) is 29.9 Å². The highest BCUT2D eigenvalue weighted by molar-refractivity contribution is 5.68. The van der Waals surface area contributed by atoms with Gasteiger partial charge in [0.05, 0.1) is 6.54 Å². The zero-order valence-corrected chi connectivity index (χ0v) is 15.5. The summed E-state index contributed by atoms with van der Waals surface area (Å²) >= 11 is 0. The highest BCUT2D eigenvalue weighted by Crippen LogP contribution is 2.28. The van der Waals surface area contributed by atoms with Crippen molar-refractivity contribution in [3.63, 3.8) is 0 Å². The molecule has 1 aliphatic heterocycles. The molecule has 1 fully saturated rings. The van der Waals surface area contributed by atoms with E-state index in [2.05, 4.69) is 0 Å². The molecule has 26 heavy (non-hydrogen) atoms. The van der Waals surface area contributed by atoms with Gasteiger partial charge in [-0.05, 0) is 44.0 Å². The van der Waals surface area contributed by atoms with E-state index in [1.807, 2.05) is 75.4 Å². The number of ether oxygens (including phenoxy) is 3. The Kier molecular flexibility index (Phi) is 5.47. The van der Waals surface area contributed by atoms with E-state index < -0.39 is 5.60 Å². The van der Waals surface area contributed by atoms with Crippen LogP contribution in [0.4, 0.5) is 4.79 Å². The molecule has 0 bridgehead atoms. The molecule has 1 amide bonds. The zero-order chi connectivity index (χ0) is 18.6. The Morgan fingerprint density at radius 3 is 2.65 bits per heavy atom. The van der Waals surface area contributed by atoms with Crippen molar-refractivity contribution in [2.45, 2.75) is 39.1 Å². The summed E-state index contributed by atoms with van der Waals surface area (Å²) in [5, 5.41) is 0. The highest BCUT2D eigenvalue weighted by atomic mass is 16.6. The van der Waals surface area contributed by atoms with Crippen molar-refractivity contribution in [1.82, 2.24) is 4.90 Å². The molecular formula is C21H25NO4. The SMILES string of the molecule is CC(C)(C)OC(=O)N1COC(c2cccc(OCc3ccccc3)c2)C1. The third-order valence-corrected chi connectivity index (χ3v) is 3.95. The highest BCUT2D eigenvalue weighted by Gasteiger charge is 2.31. The smallest absolute Gasteiger partial charge is 0.412 e. The molecule has 5 nitrogen and oxygen atoms in total. The predicted molar refractivity (Wildman–Crippen MR) is 98.8 cm³/mol. The van der Waals surface area contributed by atoms with Gasteiger partial charge in [-0.2, -0.15) is 0 Å². The van der Waals surface area contributed by atoms with Gasteiger partial charge < -0.3 is 14.2 Å². The summed E-state index contributed by atoms with van der Waals surface area (Å²) < 4.78 is 17.0. The number of rotatable bonds is 4. The molecule has 0 aromatic heterocycles. The van der Waals surface area contributed by atoms with Gasteiger partial charge in [-0.1, -0.05) is 42.5 Å². The fourth-order valence-electron chi connectivity index (χ4n) is 2.69. The fourth-order valence-corrected chi connectivity index (χ4v) is 2.69. The second-order valence-electron chi connectivity index (χ2n) is 7.33. The van der Waals surface area contributed by atoms with Crippen molar-refractivity contribution in [2.75, 3.05) is 13.3 Å². The Morgan fingerprint density at radius 1 is 1.15 bits per heavy atom. The van der Waals surface area contributed by atoms with Gasteiger partial charge in [-0.3, -0.25) is 4.90 Å². The maximum atomic E-state index is 12.2. The monoisotopic (exact) mass is 355 g/mol. The van der Waals surface area contributed by atoms with Gasteiger partial charge in [0.1, 0.15) is 30.8 Å². The van der Waals surface area contributed by atoms with Crippen LogP contribution in [0.25, 0.3) is 0 Å². The molecule has 138 valence electrons. The summed E-state index contributed by atoms with van der Waals surface area (Å²) in [5.74, 6) is 0.783. The van der Waals surface area contributed by atoms with Crippen LogP contribution in [0.1, 0.15) is 38.0 Å². The molecule has 1 atom stereocenters. The van der Waals surface area contributed by atoms with Crippen molar-refractivity contribution in [3.8, 4) is 5.75 Å². The van der Waals surface area contributed by atoms with E-state index in [1.165, 1.54) is 0 Å². The molecule has 1 heterocycles. The minimum Gasteiger partial charge on any atom is -0.489 e. The Bertz CT molecular complexity index is 739. The molecule has 0 N–H and O–H groups in total. The first-order chi connectivity index (χ1) is 12.4. The molecule has 2 aromatic rings. The Labute approximate surface area is 154 Å². The third-order valence-electron chi connectivity index (χ3n) is 3.95. The largest absolute Gasteiger partial charge is 0.489 e. The molecule has 1 aliphatic rings. The van der Waals surface area contributed by atoms with Gasteiger partial charge >= 0.3 is 6.09 Å². The predicted octanol–water partition coefficient (Wildman–Crippen LogP) is 4.53. The van der Waals surface area contributed by atoms with E-state index in [-0.39, 0.29) is 18.9 Å².